The van der Waals surface area contributed by atoms with Crippen molar-refractivity contribution in [3.8, 4) is 0 Å². The first-order chi connectivity index (χ1) is 6.84. The molecule has 0 aromatic rings. The lowest BCUT2D eigenvalue weighted by Gasteiger charge is -2.23. The number of rotatable bonds is 6. The largest absolute Gasteiger partial charge is 0.481 e. The number of carbonyl (C=O) groups excluding carboxylic acids is 1. The van der Waals surface area contributed by atoms with Crippen LogP contribution in [-0.2, 0) is 9.59 Å². The lowest BCUT2D eigenvalue weighted by atomic mass is 9.90. The summed E-state index contributed by atoms with van der Waals surface area (Å²) in [6.45, 7) is 8.33. The van der Waals surface area contributed by atoms with Gasteiger partial charge in [-0.25, -0.2) is 0 Å². The zero-order valence-electron chi connectivity index (χ0n) is 9.96. The molecule has 0 saturated carbocycles. The summed E-state index contributed by atoms with van der Waals surface area (Å²) in [5, 5.41) is 11.5. The molecule has 0 aliphatic carbocycles. The summed E-state index contributed by atoms with van der Waals surface area (Å²) in [5.41, 5.74) is 0.0203. The third-order valence-corrected chi connectivity index (χ3v) is 2.72. The van der Waals surface area contributed by atoms with E-state index in [1.165, 1.54) is 0 Å². The predicted molar refractivity (Wildman–Crippen MR) is 58.5 cm³/mol. The number of carboxylic acids is 1. The minimum Gasteiger partial charge on any atom is -0.481 e. The number of carbonyl (C=O) groups is 2. The Morgan fingerprint density at radius 1 is 1.33 bits per heavy atom. The minimum atomic E-state index is -1.05. The first kappa shape index (κ1) is 13.9. The second-order valence-corrected chi connectivity index (χ2v) is 4.53. The van der Waals surface area contributed by atoms with Crippen LogP contribution < -0.4 is 5.32 Å². The molecule has 0 aromatic heterocycles. The molecule has 4 heteroatoms. The van der Waals surface area contributed by atoms with Crippen molar-refractivity contribution in [3.63, 3.8) is 0 Å². The SMILES string of the molecule is CCC(C(=O)O)C(=O)NCC(C)(C)CC. The molecule has 4 nitrogen and oxygen atoms in total. The van der Waals surface area contributed by atoms with Gasteiger partial charge in [0, 0.05) is 6.54 Å². The monoisotopic (exact) mass is 215 g/mol. The number of nitrogens with one attached hydrogen (secondary N) is 1. The molecule has 88 valence electrons. The van der Waals surface area contributed by atoms with Crippen molar-refractivity contribution < 1.29 is 14.7 Å². The van der Waals surface area contributed by atoms with Gasteiger partial charge in [-0.2, -0.15) is 0 Å². The third kappa shape index (κ3) is 4.81. The van der Waals surface area contributed by atoms with Crippen LogP contribution in [0, 0.1) is 11.3 Å². The maximum absolute atomic E-state index is 11.5. The van der Waals surface area contributed by atoms with Gasteiger partial charge in [0.1, 0.15) is 5.92 Å². The van der Waals surface area contributed by atoms with Crippen molar-refractivity contribution in [2.24, 2.45) is 11.3 Å². The van der Waals surface area contributed by atoms with Crippen LogP contribution in [0.4, 0.5) is 0 Å². The maximum atomic E-state index is 11.5. The van der Waals surface area contributed by atoms with Gasteiger partial charge in [-0.1, -0.05) is 27.7 Å². The molecule has 2 N–H and O–H groups in total. The van der Waals surface area contributed by atoms with E-state index in [0.717, 1.165) is 6.42 Å². The third-order valence-electron chi connectivity index (χ3n) is 2.72. The normalized spacial score (nSPS) is 13.3. The van der Waals surface area contributed by atoms with Crippen LogP contribution >= 0.6 is 0 Å². The summed E-state index contributed by atoms with van der Waals surface area (Å²) in [7, 11) is 0. The summed E-state index contributed by atoms with van der Waals surface area (Å²) in [6, 6.07) is 0. The molecule has 1 unspecified atom stereocenters. The molecule has 15 heavy (non-hydrogen) atoms. The minimum absolute atomic E-state index is 0.0203. The summed E-state index contributed by atoms with van der Waals surface area (Å²) < 4.78 is 0. The molecule has 0 fully saturated rings. The van der Waals surface area contributed by atoms with Gasteiger partial charge >= 0.3 is 5.97 Å². The van der Waals surface area contributed by atoms with E-state index in [2.05, 4.69) is 5.32 Å². The van der Waals surface area contributed by atoms with E-state index in [9.17, 15) is 9.59 Å². The highest BCUT2D eigenvalue weighted by Crippen LogP contribution is 2.18. The van der Waals surface area contributed by atoms with E-state index in [0.29, 0.717) is 13.0 Å². The maximum Gasteiger partial charge on any atom is 0.316 e. The summed E-state index contributed by atoms with van der Waals surface area (Å²) in [4.78, 5) is 22.2. The quantitative estimate of drug-likeness (QED) is 0.662. The fourth-order valence-electron chi connectivity index (χ4n) is 1.05. The molecule has 0 saturated heterocycles. The van der Waals surface area contributed by atoms with Crippen LogP contribution in [0.15, 0.2) is 0 Å². The van der Waals surface area contributed by atoms with Crippen molar-refractivity contribution in [1.29, 1.82) is 0 Å². The van der Waals surface area contributed by atoms with E-state index in [1.54, 1.807) is 6.92 Å². The molecular weight excluding hydrogens is 194 g/mol. The van der Waals surface area contributed by atoms with Crippen molar-refractivity contribution in [2.75, 3.05) is 6.54 Å². The summed E-state index contributed by atoms with van der Waals surface area (Å²) >= 11 is 0. The average molecular weight is 215 g/mol. The molecule has 0 aromatic carbocycles. The molecular formula is C11H21NO3. The van der Waals surface area contributed by atoms with Gasteiger partial charge < -0.3 is 10.4 Å². The van der Waals surface area contributed by atoms with Gasteiger partial charge in [0.2, 0.25) is 5.91 Å². The Hall–Kier alpha value is -1.06. The number of hydrogen-bond acceptors (Lipinski definition) is 2. The number of aliphatic carboxylic acids is 1. The second kappa shape index (κ2) is 5.73. The van der Waals surface area contributed by atoms with Crippen molar-refractivity contribution >= 4 is 11.9 Å². The fourth-order valence-corrected chi connectivity index (χ4v) is 1.05. The van der Waals surface area contributed by atoms with Gasteiger partial charge in [-0.15, -0.1) is 0 Å². The Morgan fingerprint density at radius 2 is 1.87 bits per heavy atom. The Kier molecular flexibility index (Phi) is 5.33. The first-order valence-corrected chi connectivity index (χ1v) is 5.34. The van der Waals surface area contributed by atoms with Gasteiger partial charge in [-0.3, -0.25) is 9.59 Å². The highest BCUT2D eigenvalue weighted by Gasteiger charge is 2.25. The van der Waals surface area contributed by atoms with Gasteiger partial charge in [-0.05, 0) is 18.3 Å². The zero-order valence-corrected chi connectivity index (χ0v) is 9.96. The number of carboxylic acid groups (broad SMARTS) is 1. The molecule has 0 aliphatic heterocycles. The smallest absolute Gasteiger partial charge is 0.316 e. The molecule has 0 radical (unpaired) electrons. The van der Waals surface area contributed by atoms with Gasteiger partial charge in [0.05, 0.1) is 0 Å². The molecule has 0 rings (SSSR count). The molecule has 1 amide bonds. The molecule has 0 heterocycles. The molecule has 0 spiro atoms. The van der Waals surface area contributed by atoms with Crippen LogP contribution in [0.5, 0.6) is 0 Å². The van der Waals surface area contributed by atoms with Crippen LogP contribution in [0.2, 0.25) is 0 Å². The highest BCUT2D eigenvalue weighted by atomic mass is 16.4. The van der Waals surface area contributed by atoms with Crippen LogP contribution in [0.1, 0.15) is 40.5 Å². The Morgan fingerprint density at radius 3 is 2.20 bits per heavy atom. The molecule has 1 atom stereocenters. The lowest BCUT2D eigenvalue weighted by Crippen LogP contribution is -2.39. The Bertz CT molecular complexity index is 236. The number of amides is 1. The topological polar surface area (TPSA) is 66.4 Å². The average Bonchev–Trinajstić information content (AvgIpc) is 2.15. The fraction of sp³-hybridized carbons (Fsp3) is 0.818. The van der Waals surface area contributed by atoms with E-state index >= 15 is 0 Å². The second-order valence-electron chi connectivity index (χ2n) is 4.53. The van der Waals surface area contributed by atoms with Crippen molar-refractivity contribution in [3.05, 3.63) is 0 Å². The summed E-state index contributed by atoms with van der Waals surface area (Å²) in [6.07, 6.45) is 1.27. The number of hydrogen-bond donors (Lipinski definition) is 2. The van der Waals surface area contributed by atoms with Gasteiger partial charge in [0.25, 0.3) is 0 Å². The van der Waals surface area contributed by atoms with E-state index in [-0.39, 0.29) is 11.3 Å². The lowest BCUT2D eigenvalue weighted by molar-refractivity contribution is -0.147. The zero-order chi connectivity index (χ0) is 12.1. The van der Waals surface area contributed by atoms with Crippen LogP contribution in [0.25, 0.3) is 0 Å². The Balaban J connectivity index is 4.19. The van der Waals surface area contributed by atoms with Crippen LogP contribution in [0.3, 0.4) is 0 Å². The molecule has 0 aliphatic rings. The van der Waals surface area contributed by atoms with Gasteiger partial charge in [0.15, 0.2) is 0 Å². The summed E-state index contributed by atoms with van der Waals surface area (Å²) in [5.74, 6) is -2.35. The first-order valence-electron chi connectivity index (χ1n) is 5.34. The Labute approximate surface area is 91.1 Å². The van der Waals surface area contributed by atoms with Crippen LogP contribution in [-0.4, -0.2) is 23.5 Å². The van der Waals surface area contributed by atoms with E-state index in [1.807, 2.05) is 20.8 Å². The predicted octanol–water partition coefficient (Wildman–Crippen LogP) is 1.65. The van der Waals surface area contributed by atoms with E-state index in [4.69, 9.17) is 5.11 Å². The van der Waals surface area contributed by atoms with Crippen molar-refractivity contribution in [1.82, 2.24) is 5.32 Å². The molecule has 0 bridgehead atoms. The van der Waals surface area contributed by atoms with E-state index < -0.39 is 11.9 Å². The highest BCUT2D eigenvalue weighted by molar-refractivity contribution is 5.96. The standard InChI is InChI=1S/C11H21NO3/c1-5-8(10(14)15)9(13)12-7-11(3,4)6-2/h8H,5-7H2,1-4H3,(H,12,13)(H,14,15). The van der Waals surface area contributed by atoms with Crippen molar-refractivity contribution in [2.45, 2.75) is 40.5 Å².